The predicted octanol–water partition coefficient (Wildman–Crippen LogP) is 0.878. The molecule has 2 N–H and O–H groups in total. The van der Waals surface area contributed by atoms with E-state index in [0.717, 1.165) is 0 Å². The van der Waals surface area contributed by atoms with Gasteiger partial charge in [0, 0.05) is 0 Å². The van der Waals surface area contributed by atoms with Crippen molar-refractivity contribution in [3.05, 3.63) is 30.3 Å². The number of hydrogen-bond donors (Lipinski definition) is 2. The first-order valence-electron chi connectivity index (χ1n) is 6.00. The smallest absolute Gasteiger partial charge is 0.261 e. The first kappa shape index (κ1) is 17.1. The number of benzene rings is 1. The maximum absolute atomic E-state index is 12.1. The summed E-state index contributed by atoms with van der Waals surface area (Å²) in [5.74, 6) is 0. The molecule has 0 amide bonds. The quantitative estimate of drug-likeness (QED) is 0.782. The van der Waals surface area contributed by atoms with Crippen LogP contribution in [0.3, 0.4) is 0 Å². The van der Waals surface area contributed by atoms with E-state index in [1.165, 1.54) is 0 Å². The van der Waals surface area contributed by atoms with Crippen molar-refractivity contribution in [3.8, 4) is 0 Å². The normalized spacial score (nSPS) is 22.9. The molecule has 0 heterocycles. The first-order valence-corrected chi connectivity index (χ1v) is 9.39. The molecule has 1 aliphatic carbocycles. The summed E-state index contributed by atoms with van der Waals surface area (Å²) in [7, 11) is -6.90. The van der Waals surface area contributed by atoms with Gasteiger partial charge in [-0.2, -0.15) is 8.42 Å². The van der Waals surface area contributed by atoms with Crippen molar-refractivity contribution in [1.29, 1.82) is 0 Å². The summed E-state index contributed by atoms with van der Waals surface area (Å²) >= 11 is 0. The molecule has 1 aliphatic rings. The third-order valence-electron chi connectivity index (χ3n) is 2.87. The number of aliphatic hydroxyl groups is 1. The summed E-state index contributed by atoms with van der Waals surface area (Å²) < 4.78 is 50.0. The molecule has 0 saturated heterocycles. The molecule has 2 rings (SSSR count). The van der Waals surface area contributed by atoms with Gasteiger partial charge in [-0.05, 0) is 31.4 Å². The molecular formula is C12H18O6S2. The molecule has 8 heteroatoms. The van der Waals surface area contributed by atoms with Crippen LogP contribution in [0, 0.1) is 0 Å². The Morgan fingerprint density at radius 1 is 1.05 bits per heavy atom. The van der Waals surface area contributed by atoms with Crippen molar-refractivity contribution < 1.29 is 26.5 Å². The van der Waals surface area contributed by atoms with Gasteiger partial charge in [0.15, 0.2) is 9.84 Å². The second kappa shape index (κ2) is 6.66. The summed E-state index contributed by atoms with van der Waals surface area (Å²) in [6.07, 6.45) is 1.80. The standard InChI is InChI=1S/C11H14O3S.CH4O3S/c12-9-6-7-11(8-9)15(13,14)10-4-2-1-3-5-10;1-5(2,3)4/h1-5,9,11-12H,6-8H2;1H3,(H,2,3,4)/t9-,11+;/m0./s1. The van der Waals surface area contributed by atoms with E-state index in [-0.39, 0.29) is 0 Å². The second-order valence-corrected chi connectivity index (χ2v) is 8.37. The minimum Gasteiger partial charge on any atom is -0.393 e. The zero-order valence-electron chi connectivity index (χ0n) is 11.0. The molecule has 6 nitrogen and oxygen atoms in total. The summed E-state index contributed by atoms with van der Waals surface area (Å²) in [5.41, 5.74) is 0. The van der Waals surface area contributed by atoms with Crippen molar-refractivity contribution >= 4 is 20.0 Å². The summed E-state index contributed by atoms with van der Waals surface area (Å²) in [4.78, 5) is 0.365. The molecule has 1 aromatic carbocycles. The van der Waals surface area contributed by atoms with Crippen LogP contribution in [0.5, 0.6) is 0 Å². The largest absolute Gasteiger partial charge is 0.393 e. The van der Waals surface area contributed by atoms with Gasteiger partial charge < -0.3 is 5.11 Å². The van der Waals surface area contributed by atoms with Crippen LogP contribution in [0.25, 0.3) is 0 Å². The van der Waals surface area contributed by atoms with Gasteiger partial charge in [-0.15, -0.1) is 0 Å². The monoisotopic (exact) mass is 322 g/mol. The van der Waals surface area contributed by atoms with Crippen LogP contribution < -0.4 is 0 Å². The van der Waals surface area contributed by atoms with E-state index >= 15 is 0 Å². The van der Waals surface area contributed by atoms with E-state index in [4.69, 9.17) is 4.55 Å². The molecule has 0 radical (unpaired) electrons. The van der Waals surface area contributed by atoms with E-state index in [2.05, 4.69) is 0 Å². The van der Waals surface area contributed by atoms with Gasteiger partial charge in [-0.1, -0.05) is 18.2 Å². The van der Waals surface area contributed by atoms with Gasteiger partial charge in [-0.3, -0.25) is 4.55 Å². The molecule has 20 heavy (non-hydrogen) atoms. The van der Waals surface area contributed by atoms with Crippen molar-refractivity contribution in [3.63, 3.8) is 0 Å². The van der Waals surface area contributed by atoms with Gasteiger partial charge in [-0.25, -0.2) is 8.42 Å². The fraction of sp³-hybridized carbons (Fsp3) is 0.500. The highest BCUT2D eigenvalue weighted by Crippen LogP contribution is 2.29. The Balaban J connectivity index is 0.000000347. The topological polar surface area (TPSA) is 109 Å². The predicted molar refractivity (Wildman–Crippen MR) is 74.7 cm³/mol. The highest BCUT2D eigenvalue weighted by Gasteiger charge is 2.34. The maximum atomic E-state index is 12.1. The lowest BCUT2D eigenvalue weighted by Crippen LogP contribution is -2.19. The van der Waals surface area contributed by atoms with Gasteiger partial charge in [0.1, 0.15) is 0 Å². The van der Waals surface area contributed by atoms with Gasteiger partial charge in [0.2, 0.25) is 0 Å². The van der Waals surface area contributed by atoms with Crippen LogP contribution >= 0.6 is 0 Å². The summed E-state index contributed by atoms with van der Waals surface area (Å²) in [6, 6.07) is 8.46. The Kier molecular flexibility index (Phi) is 5.69. The number of sulfone groups is 1. The highest BCUT2D eigenvalue weighted by molar-refractivity contribution is 7.92. The Hall–Kier alpha value is -0.960. The molecule has 0 bridgehead atoms. The minimum absolute atomic E-state index is 0.365. The lowest BCUT2D eigenvalue weighted by Gasteiger charge is -2.10. The molecule has 0 aliphatic heterocycles. The van der Waals surface area contributed by atoms with Crippen LogP contribution in [0.4, 0.5) is 0 Å². The maximum Gasteiger partial charge on any atom is 0.261 e. The van der Waals surface area contributed by atoms with Crippen LogP contribution in [0.15, 0.2) is 35.2 Å². The van der Waals surface area contributed by atoms with Crippen LogP contribution in [0.1, 0.15) is 19.3 Å². The molecular weight excluding hydrogens is 304 g/mol. The molecule has 0 unspecified atom stereocenters. The fourth-order valence-electron chi connectivity index (χ4n) is 2.00. The molecule has 1 fully saturated rings. The van der Waals surface area contributed by atoms with Gasteiger partial charge in [0.25, 0.3) is 10.1 Å². The van der Waals surface area contributed by atoms with Crippen molar-refractivity contribution in [2.75, 3.05) is 6.26 Å². The first-order chi connectivity index (χ1) is 9.10. The summed E-state index contributed by atoms with van der Waals surface area (Å²) in [5, 5.41) is 8.94. The molecule has 2 atom stereocenters. The molecule has 114 valence electrons. The molecule has 0 aromatic heterocycles. The van der Waals surface area contributed by atoms with Crippen LogP contribution in [-0.2, 0) is 20.0 Å². The third kappa shape index (κ3) is 5.58. The van der Waals surface area contributed by atoms with Crippen LogP contribution in [-0.4, -0.2) is 44.1 Å². The second-order valence-electron chi connectivity index (χ2n) is 4.68. The minimum atomic E-state index is -3.67. The average molecular weight is 322 g/mol. The number of rotatable bonds is 2. The molecule has 0 spiro atoms. The SMILES string of the molecule is CS(=O)(=O)O.O=S(=O)(c1ccccc1)[C@@H]1CC[C@H](O)C1. The zero-order valence-corrected chi connectivity index (χ0v) is 12.6. The van der Waals surface area contributed by atoms with Crippen molar-refractivity contribution in [2.24, 2.45) is 0 Å². The van der Waals surface area contributed by atoms with E-state index in [0.29, 0.717) is 30.4 Å². The van der Waals surface area contributed by atoms with Gasteiger partial charge >= 0.3 is 0 Å². The van der Waals surface area contributed by atoms with Crippen molar-refractivity contribution in [2.45, 2.75) is 35.5 Å². The zero-order chi connectivity index (χ0) is 15.4. The van der Waals surface area contributed by atoms with E-state index < -0.39 is 31.3 Å². The third-order valence-corrected chi connectivity index (χ3v) is 5.10. The van der Waals surface area contributed by atoms with Crippen LogP contribution in [0.2, 0.25) is 0 Å². The Morgan fingerprint density at radius 2 is 1.55 bits per heavy atom. The average Bonchev–Trinajstić information content (AvgIpc) is 2.76. The molecule has 1 aromatic rings. The van der Waals surface area contributed by atoms with E-state index in [1.54, 1.807) is 30.3 Å². The fourth-order valence-corrected chi connectivity index (χ4v) is 3.85. The van der Waals surface area contributed by atoms with Gasteiger partial charge in [0.05, 0.1) is 22.5 Å². The van der Waals surface area contributed by atoms with Crippen molar-refractivity contribution in [1.82, 2.24) is 0 Å². The number of aliphatic hydroxyl groups excluding tert-OH is 1. The summed E-state index contributed by atoms with van der Waals surface area (Å²) in [6.45, 7) is 0. The Labute approximate surface area is 119 Å². The molecule has 1 saturated carbocycles. The van der Waals surface area contributed by atoms with E-state index in [9.17, 15) is 21.9 Å². The Morgan fingerprint density at radius 3 is 1.95 bits per heavy atom. The Bertz CT molecular complexity index is 613. The van der Waals surface area contributed by atoms with E-state index in [1.807, 2.05) is 0 Å². The lowest BCUT2D eigenvalue weighted by molar-refractivity contribution is 0.183. The highest BCUT2D eigenvalue weighted by atomic mass is 32.2. The number of hydrogen-bond acceptors (Lipinski definition) is 5. The lowest BCUT2D eigenvalue weighted by atomic mass is 10.3.